The fourth-order valence-corrected chi connectivity index (χ4v) is 2.86. The van der Waals surface area contributed by atoms with E-state index in [0.29, 0.717) is 11.6 Å². The van der Waals surface area contributed by atoms with Gasteiger partial charge in [0.2, 0.25) is 0 Å². The highest BCUT2D eigenvalue weighted by Gasteiger charge is 2.18. The molecule has 1 aromatic carbocycles. The second-order valence-corrected chi connectivity index (χ2v) is 6.17. The molecule has 1 saturated heterocycles. The first-order valence-corrected chi connectivity index (χ1v) is 8.42. The number of benzene rings is 1. The Hall–Kier alpha value is -2.60. The predicted octanol–water partition coefficient (Wildman–Crippen LogP) is 2.85. The topological polar surface area (TPSA) is 57.6 Å². The highest BCUT2D eigenvalue weighted by atomic mass is 19.1. The molecular formula is C19H21FN4O. The first kappa shape index (κ1) is 17.2. The summed E-state index contributed by atoms with van der Waals surface area (Å²) in [4.78, 5) is 18.2. The third kappa shape index (κ3) is 5.19. The monoisotopic (exact) mass is 340 g/mol. The third-order valence-electron chi connectivity index (χ3n) is 4.30. The lowest BCUT2D eigenvalue weighted by atomic mass is 9.98. The van der Waals surface area contributed by atoms with Gasteiger partial charge in [-0.1, -0.05) is 18.2 Å². The van der Waals surface area contributed by atoms with E-state index in [2.05, 4.69) is 20.4 Å². The van der Waals surface area contributed by atoms with Crippen molar-refractivity contribution in [2.24, 2.45) is 11.0 Å². The Labute approximate surface area is 146 Å². The number of pyridine rings is 1. The number of rotatable bonds is 5. The Kier molecular flexibility index (Phi) is 5.85. The number of halogens is 1. The van der Waals surface area contributed by atoms with Gasteiger partial charge in [0, 0.05) is 19.0 Å². The van der Waals surface area contributed by atoms with Crippen molar-refractivity contribution in [3.63, 3.8) is 0 Å². The van der Waals surface area contributed by atoms with Crippen LogP contribution in [0.2, 0.25) is 0 Å². The number of carbonyl (C=O) groups is 1. The molecule has 0 spiro atoms. The van der Waals surface area contributed by atoms with E-state index in [1.807, 2.05) is 18.3 Å². The van der Waals surface area contributed by atoms with Crippen molar-refractivity contribution in [2.45, 2.75) is 19.4 Å². The van der Waals surface area contributed by atoms with E-state index >= 15 is 0 Å². The van der Waals surface area contributed by atoms with Gasteiger partial charge >= 0.3 is 0 Å². The van der Waals surface area contributed by atoms with Crippen molar-refractivity contribution < 1.29 is 9.18 Å². The highest BCUT2D eigenvalue weighted by molar-refractivity contribution is 5.92. The summed E-state index contributed by atoms with van der Waals surface area (Å²) in [6.07, 6.45) is 5.37. The van der Waals surface area contributed by atoms with Crippen LogP contribution in [-0.4, -0.2) is 35.1 Å². The Morgan fingerprint density at radius 1 is 1.24 bits per heavy atom. The molecule has 1 N–H and O–H groups in total. The van der Waals surface area contributed by atoms with Gasteiger partial charge in [0.1, 0.15) is 11.5 Å². The predicted molar refractivity (Wildman–Crippen MR) is 94.6 cm³/mol. The highest BCUT2D eigenvalue weighted by Crippen LogP contribution is 2.17. The maximum Gasteiger partial charge on any atom is 0.289 e. The van der Waals surface area contributed by atoms with Gasteiger partial charge in [-0.25, -0.2) is 9.82 Å². The van der Waals surface area contributed by atoms with E-state index < -0.39 is 0 Å². The molecule has 0 aliphatic carbocycles. The van der Waals surface area contributed by atoms with Crippen LogP contribution in [-0.2, 0) is 6.54 Å². The molecule has 1 fully saturated rings. The number of amides is 1. The van der Waals surface area contributed by atoms with Crippen LogP contribution in [0, 0.1) is 11.7 Å². The average molecular weight is 340 g/mol. The number of piperidine rings is 1. The number of hydrazone groups is 1. The summed E-state index contributed by atoms with van der Waals surface area (Å²) in [7, 11) is 0. The Morgan fingerprint density at radius 3 is 2.68 bits per heavy atom. The molecule has 6 heteroatoms. The van der Waals surface area contributed by atoms with Gasteiger partial charge in [0.25, 0.3) is 5.91 Å². The molecule has 25 heavy (non-hydrogen) atoms. The minimum atomic E-state index is -0.300. The molecule has 0 unspecified atom stereocenters. The number of aromatic nitrogens is 1. The number of likely N-dealkylation sites (tertiary alicyclic amines) is 1. The van der Waals surface area contributed by atoms with E-state index in [1.165, 1.54) is 12.1 Å². The van der Waals surface area contributed by atoms with Crippen LogP contribution < -0.4 is 5.43 Å². The molecule has 0 atom stereocenters. The zero-order valence-corrected chi connectivity index (χ0v) is 13.9. The SMILES string of the molecule is O=C(NN=CC1CCN(Cc2ccc(F)cc2)CC1)c1ccccn1. The van der Waals surface area contributed by atoms with Gasteiger partial charge in [-0.2, -0.15) is 5.10 Å². The number of hydrogen-bond acceptors (Lipinski definition) is 4. The van der Waals surface area contributed by atoms with Crippen LogP contribution >= 0.6 is 0 Å². The van der Waals surface area contributed by atoms with Crippen LogP contribution in [0.5, 0.6) is 0 Å². The van der Waals surface area contributed by atoms with E-state index in [1.54, 1.807) is 24.4 Å². The van der Waals surface area contributed by atoms with Crippen LogP contribution in [0.4, 0.5) is 4.39 Å². The lowest BCUT2D eigenvalue weighted by Gasteiger charge is -2.30. The summed E-state index contributed by atoms with van der Waals surface area (Å²) >= 11 is 0. The molecule has 3 rings (SSSR count). The largest absolute Gasteiger partial charge is 0.299 e. The van der Waals surface area contributed by atoms with Crippen molar-refractivity contribution in [3.8, 4) is 0 Å². The van der Waals surface area contributed by atoms with Gasteiger partial charge < -0.3 is 0 Å². The smallest absolute Gasteiger partial charge is 0.289 e. The number of nitrogens with one attached hydrogen (secondary N) is 1. The zero-order valence-electron chi connectivity index (χ0n) is 13.9. The molecule has 0 saturated carbocycles. The van der Waals surface area contributed by atoms with Crippen LogP contribution in [0.25, 0.3) is 0 Å². The second kappa shape index (κ2) is 8.48. The van der Waals surface area contributed by atoms with E-state index in [0.717, 1.165) is 38.0 Å². The van der Waals surface area contributed by atoms with Gasteiger partial charge in [-0.3, -0.25) is 14.7 Å². The van der Waals surface area contributed by atoms with E-state index in [4.69, 9.17) is 0 Å². The lowest BCUT2D eigenvalue weighted by molar-refractivity contribution is 0.0949. The van der Waals surface area contributed by atoms with Crippen LogP contribution in [0.1, 0.15) is 28.9 Å². The quantitative estimate of drug-likeness (QED) is 0.673. The molecule has 1 amide bonds. The molecule has 0 radical (unpaired) electrons. The maximum atomic E-state index is 12.9. The minimum absolute atomic E-state index is 0.202. The summed E-state index contributed by atoms with van der Waals surface area (Å²) in [5, 5.41) is 4.07. The first-order chi connectivity index (χ1) is 12.2. The molecule has 0 bridgehead atoms. The van der Waals surface area contributed by atoms with Crippen LogP contribution in [0.3, 0.4) is 0 Å². The van der Waals surface area contributed by atoms with Gasteiger partial charge in [0.15, 0.2) is 0 Å². The first-order valence-electron chi connectivity index (χ1n) is 8.42. The summed E-state index contributed by atoms with van der Waals surface area (Å²) in [6.45, 7) is 2.76. The second-order valence-electron chi connectivity index (χ2n) is 6.17. The minimum Gasteiger partial charge on any atom is -0.299 e. The van der Waals surface area contributed by atoms with Crippen molar-refractivity contribution in [2.75, 3.05) is 13.1 Å². The Balaban J connectivity index is 1.41. The fourth-order valence-electron chi connectivity index (χ4n) is 2.86. The van der Waals surface area contributed by atoms with Gasteiger partial charge in [-0.05, 0) is 61.7 Å². The molecule has 1 aliphatic heterocycles. The fraction of sp³-hybridized carbons (Fsp3) is 0.316. The van der Waals surface area contributed by atoms with Gasteiger partial charge in [-0.15, -0.1) is 0 Å². The Bertz CT molecular complexity index is 710. The Morgan fingerprint density at radius 2 is 2.00 bits per heavy atom. The van der Waals surface area contributed by atoms with Gasteiger partial charge in [0.05, 0.1) is 0 Å². The number of carbonyl (C=O) groups excluding carboxylic acids is 1. The summed E-state index contributed by atoms with van der Waals surface area (Å²) in [5.41, 5.74) is 4.00. The molecule has 5 nitrogen and oxygen atoms in total. The maximum absolute atomic E-state index is 12.9. The van der Waals surface area contributed by atoms with Crippen LogP contribution in [0.15, 0.2) is 53.8 Å². The normalized spacial score (nSPS) is 16.2. The lowest BCUT2D eigenvalue weighted by Crippen LogP contribution is -2.34. The zero-order chi connectivity index (χ0) is 17.5. The molecular weight excluding hydrogens is 319 g/mol. The van der Waals surface area contributed by atoms with Crippen molar-refractivity contribution in [1.82, 2.24) is 15.3 Å². The van der Waals surface area contributed by atoms with Crippen molar-refractivity contribution in [3.05, 3.63) is 65.7 Å². The molecule has 2 heterocycles. The third-order valence-corrected chi connectivity index (χ3v) is 4.30. The van der Waals surface area contributed by atoms with Crippen molar-refractivity contribution >= 4 is 12.1 Å². The summed E-state index contributed by atoms with van der Waals surface area (Å²) < 4.78 is 12.9. The molecule has 130 valence electrons. The summed E-state index contributed by atoms with van der Waals surface area (Å²) in [5.74, 6) is -0.148. The molecule has 1 aliphatic rings. The number of nitrogens with zero attached hydrogens (tertiary/aromatic N) is 3. The standard InChI is InChI=1S/C19H21FN4O/c20-17-6-4-16(5-7-17)14-24-11-8-15(9-12-24)13-22-23-19(25)18-3-1-2-10-21-18/h1-7,10,13,15H,8-9,11-12,14H2,(H,23,25). The van der Waals surface area contributed by atoms with E-state index in [9.17, 15) is 9.18 Å². The molecule has 1 aromatic heterocycles. The van der Waals surface area contributed by atoms with Crippen molar-refractivity contribution in [1.29, 1.82) is 0 Å². The van der Waals surface area contributed by atoms with E-state index in [-0.39, 0.29) is 11.7 Å². The average Bonchev–Trinajstić information content (AvgIpc) is 2.66. The summed E-state index contributed by atoms with van der Waals surface area (Å²) in [6, 6.07) is 11.8. The number of hydrogen-bond donors (Lipinski definition) is 1. The molecule has 2 aromatic rings.